The molecule has 0 spiro atoms. The van der Waals surface area contributed by atoms with Crippen LogP contribution in [0.5, 0.6) is 0 Å². The van der Waals surface area contributed by atoms with E-state index in [2.05, 4.69) is 6.92 Å². The van der Waals surface area contributed by atoms with Crippen LogP contribution in [-0.2, 0) is 9.53 Å². The van der Waals surface area contributed by atoms with E-state index >= 15 is 0 Å². The second-order valence-corrected chi connectivity index (χ2v) is 5.49. The van der Waals surface area contributed by atoms with Crippen molar-refractivity contribution in [1.82, 2.24) is 4.90 Å². The average Bonchev–Trinajstić information content (AvgIpc) is 2.33. The Morgan fingerprint density at radius 1 is 1.50 bits per heavy atom. The van der Waals surface area contributed by atoms with Gasteiger partial charge in [0.05, 0.1) is 12.6 Å². The van der Waals surface area contributed by atoms with Gasteiger partial charge in [0.25, 0.3) is 0 Å². The molecule has 0 aliphatic heterocycles. The zero-order chi connectivity index (χ0) is 13.7. The van der Waals surface area contributed by atoms with Gasteiger partial charge < -0.3 is 15.4 Å². The van der Waals surface area contributed by atoms with Gasteiger partial charge in [-0.3, -0.25) is 4.79 Å². The minimum absolute atomic E-state index is 0.0907. The highest BCUT2D eigenvalue weighted by molar-refractivity contribution is 5.79. The molecule has 106 valence electrons. The van der Waals surface area contributed by atoms with Crippen LogP contribution in [0.4, 0.5) is 0 Å². The molecule has 0 aromatic carbocycles. The summed E-state index contributed by atoms with van der Waals surface area (Å²) in [5.74, 6) is 0.632. The Morgan fingerprint density at radius 3 is 2.72 bits per heavy atom. The molecule has 1 saturated carbocycles. The Kier molecular flexibility index (Phi) is 6.09. The van der Waals surface area contributed by atoms with E-state index in [9.17, 15) is 4.79 Å². The molecule has 18 heavy (non-hydrogen) atoms. The molecule has 1 aliphatic carbocycles. The van der Waals surface area contributed by atoms with Crippen LogP contribution in [0, 0.1) is 11.8 Å². The largest absolute Gasteiger partial charge is 0.383 e. The summed E-state index contributed by atoms with van der Waals surface area (Å²) >= 11 is 0. The maximum absolute atomic E-state index is 12.6. The fourth-order valence-electron chi connectivity index (χ4n) is 2.97. The van der Waals surface area contributed by atoms with Crippen LogP contribution in [0.25, 0.3) is 0 Å². The van der Waals surface area contributed by atoms with E-state index in [0.29, 0.717) is 6.61 Å². The summed E-state index contributed by atoms with van der Waals surface area (Å²) in [6.07, 6.45) is 3.09. The lowest BCUT2D eigenvalue weighted by Crippen LogP contribution is -2.49. The van der Waals surface area contributed by atoms with Crippen molar-refractivity contribution < 1.29 is 9.53 Å². The SMILES string of the molecule is CCN(C(=O)C1CCCC(N)C1C)C(C)COC. The van der Waals surface area contributed by atoms with Gasteiger partial charge in [-0.05, 0) is 32.6 Å². The van der Waals surface area contributed by atoms with Gasteiger partial charge in [0.15, 0.2) is 0 Å². The summed E-state index contributed by atoms with van der Waals surface area (Å²) in [4.78, 5) is 14.5. The number of hydrogen-bond donors (Lipinski definition) is 1. The van der Waals surface area contributed by atoms with Crippen LogP contribution in [-0.4, -0.2) is 43.2 Å². The molecule has 0 aromatic heterocycles. The molecule has 4 heteroatoms. The highest BCUT2D eigenvalue weighted by Crippen LogP contribution is 2.30. The summed E-state index contributed by atoms with van der Waals surface area (Å²) in [5.41, 5.74) is 6.09. The number of carbonyl (C=O) groups is 1. The van der Waals surface area contributed by atoms with Crippen molar-refractivity contribution in [1.29, 1.82) is 0 Å². The Morgan fingerprint density at radius 2 is 2.17 bits per heavy atom. The Labute approximate surface area is 111 Å². The van der Waals surface area contributed by atoms with Crippen molar-refractivity contribution in [3.8, 4) is 0 Å². The fraction of sp³-hybridized carbons (Fsp3) is 0.929. The van der Waals surface area contributed by atoms with Gasteiger partial charge in [0.2, 0.25) is 5.91 Å². The van der Waals surface area contributed by atoms with Gasteiger partial charge in [0.1, 0.15) is 0 Å². The van der Waals surface area contributed by atoms with Crippen molar-refractivity contribution >= 4 is 5.91 Å². The van der Waals surface area contributed by atoms with Crippen LogP contribution in [0.3, 0.4) is 0 Å². The van der Waals surface area contributed by atoms with Crippen molar-refractivity contribution in [2.24, 2.45) is 17.6 Å². The standard InChI is InChI=1S/C14H28N2O2/c1-5-16(10(2)9-18-4)14(17)12-7-6-8-13(15)11(12)3/h10-13H,5-9,15H2,1-4H3. The maximum atomic E-state index is 12.6. The molecule has 1 fully saturated rings. The third-order valence-electron chi connectivity index (χ3n) is 4.24. The highest BCUT2D eigenvalue weighted by Gasteiger charge is 2.35. The first-order valence-electron chi connectivity index (χ1n) is 7.07. The monoisotopic (exact) mass is 256 g/mol. The number of methoxy groups -OCH3 is 1. The van der Waals surface area contributed by atoms with E-state index in [1.807, 2.05) is 18.7 Å². The Bertz CT molecular complexity index is 271. The molecule has 0 aromatic rings. The third-order valence-corrected chi connectivity index (χ3v) is 4.24. The van der Waals surface area contributed by atoms with Crippen LogP contribution in [0.1, 0.15) is 40.0 Å². The second-order valence-electron chi connectivity index (χ2n) is 5.49. The van der Waals surface area contributed by atoms with E-state index in [0.717, 1.165) is 25.8 Å². The zero-order valence-corrected chi connectivity index (χ0v) is 12.2. The van der Waals surface area contributed by atoms with E-state index in [4.69, 9.17) is 10.5 Å². The van der Waals surface area contributed by atoms with Gasteiger partial charge in [-0.2, -0.15) is 0 Å². The third kappa shape index (κ3) is 3.45. The average molecular weight is 256 g/mol. The lowest BCUT2D eigenvalue weighted by Gasteiger charge is -2.38. The molecule has 0 bridgehead atoms. The summed E-state index contributed by atoms with van der Waals surface area (Å²) < 4.78 is 5.15. The normalized spacial score (nSPS) is 29.9. The summed E-state index contributed by atoms with van der Waals surface area (Å²) in [5, 5.41) is 0. The molecule has 4 nitrogen and oxygen atoms in total. The van der Waals surface area contributed by atoms with Gasteiger partial charge in [-0.1, -0.05) is 13.3 Å². The fourth-order valence-corrected chi connectivity index (χ4v) is 2.97. The summed E-state index contributed by atoms with van der Waals surface area (Å²) in [6.45, 7) is 7.51. The molecular weight excluding hydrogens is 228 g/mol. The molecule has 2 N–H and O–H groups in total. The van der Waals surface area contributed by atoms with Gasteiger partial charge in [-0.25, -0.2) is 0 Å². The molecule has 1 aliphatic rings. The smallest absolute Gasteiger partial charge is 0.226 e. The van der Waals surface area contributed by atoms with Crippen LogP contribution in [0.15, 0.2) is 0 Å². The topological polar surface area (TPSA) is 55.6 Å². The van der Waals surface area contributed by atoms with Gasteiger partial charge in [0, 0.05) is 25.6 Å². The van der Waals surface area contributed by atoms with Crippen molar-refractivity contribution in [3.63, 3.8) is 0 Å². The first kappa shape index (κ1) is 15.4. The van der Waals surface area contributed by atoms with Crippen molar-refractivity contribution in [2.45, 2.75) is 52.1 Å². The minimum Gasteiger partial charge on any atom is -0.383 e. The molecule has 4 unspecified atom stereocenters. The predicted molar refractivity (Wildman–Crippen MR) is 73.2 cm³/mol. The second kappa shape index (κ2) is 7.10. The highest BCUT2D eigenvalue weighted by atomic mass is 16.5. The van der Waals surface area contributed by atoms with E-state index in [1.165, 1.54) is 0 Å². The number of rotatable bonds is 5. The van der Waals surface area contributed by atoms with Crippen molar-refractivity contribution in [2.75, 3.05) is 20.3 Å². The van der Waals surface area contributed by atoms with E-state index in [1.54, 1.807) is 7.11 Å². The zero-order valence-electron chi connectivity index (χ0n) is 12.2. The number of amides is 1. The number of nitrogens with zero attached hydrogens (tertiary/aromatic N) is 1. The number of carbonyl (C=O) groups excluding carboxylic acids is 1. The lowest BCUT2D eigenvalue weighted by atomic mass is 9.76. The molecular formula is C14H28N2O2. The number of hydrogen-bond acceptors (Lipinski definition) is 3. The van der Waals surface area contributed by atoms with E-state index < -0.39 is 0 Å². The predicted octanol–water partition coefficient (Wildman–Crippen LogP) is 1.63. The minimum atomic E-state index is 0.0907. The first-order valence-corrected chi connectivity index (χ1v) is 7.07. The molecule has 0 radical (unpaired) electrons. The van der Waals surface area contributed by atoms with Crippen LogP contribution in [0.2, 0.25) is 0 Å². The van der Waals surface area contributed by atoms with Gasteiger partial charge in [-0.15, -0.1) is 0 Å². The quantitative estimate of drug-likeness (QED) is 0.813. The lowest BCUT2D eigenvalue weighted by molar-refractivity contribution is -0.141. The molecule has 1 rings (SSSR count). The molecule has 0 heterocycles. The van der Waals surface area contributed by atoms with Gasteiger partial charge >= 0.3 is 0 Å². The summed E-state index contributed by atoms with van der Waals surface area (Å²) in [7, 11) is 1.67. The first-order chi connectivity index (χ1) is 8.52. The molecule has 1 amide bonds. The van der Waals surface area contributed by atoms with Crippen LogP contribution < -0.4 is 5.73 Å². The maximum Gasteiger partial charge on any atom is 0.226 e. The Hall–Kier alpha value is -0.610. The molecule has 0 saturated heterocycles. The number of likely N-dealkylation sites (N-methyl/N-ethyl adjacent to an activating group) is 1. The van der Waals surface area contributed by atoms with E-state index in [-0.39, 0.29) is 29.8 Å². The summed E-state index contributed by atoms with van der Waals surface area (Å²) in [6, 6.07) is 0.307. The Balaban J connectivity index is 2.70. The number of ether oxygens (including phenoxy) is 1. The van der Waals surface area contributed by atoms with Crippen LogP contribution >= 0.6 is 0 Å². The molecule has 4 atom stereocenters. The number of nitrogens with two attached hydrogens (primary N) is 1. The van der Waals surface area contributed by atoms with Crippen molar-refractivity contribution in [3.05, 3.63) is 0 Å².